The van der Waals surface area contributed by atoms with Crippen molar-refractivity contribution >= 4 is 35.5 Å². The van der Waals surface area contributed by atoms with Crippen LogP contribution in [0.3, 0.4) is 0 Å². The lowest BCUT2D eigenvalue weighted by atomic mass is 9.77. The summed E-state index contributed by atoms with van der Waals surface area (Å²) in [6.45, 7) is 6.26. The summed E-state index contributed by atoms with van der Waals surface area (Å²) in [6, 6.07) is 11.3. The first kappa shape index (κ1) is 31.3. The van der Waals surface area contributed by atoms with Gasteiger partial charge in [0.15, 0.2) is 0 Å². The molecule has 2 aromatic rings. The molecule has 2 aliphatic heterocycles. The summed E-state index contributed by atoms with van der Waals surface area (Å²) < 4.78 is 19.8. The van der Waals surface area contributed by atoms with Gasteiger partial charge in [-0.15, -0.1) is 0 Å². The number of amides is 2. The second-order valence-corrected chi connectivity index (χ2v) is 12.7. The van der Waals surface area contributed by atoms with Crippen LogP contribution in [0.4, 0.5) is 5.69 Å². The van der Waals surface area contributed by atoms with Gasteiger partial charge in [-0.05, 0) is 124 Å². The zero-order chi connectivity index (χ0) is 30.4. The van der Waals surface area contributed by atoms with Crippen molar-refractivity contribution in [1.29, 1.82) is 0 Å². The van der Waals surface area contributed by atoms with Gasteiger partial charge in [-0.25, -0.2) is 4.79 Å². The molecule has 0 atom stereocenters. The van der Waals surface area contributed by atoms with Crippen LogP contribution in [0.2, 0.25) is 0 Å². The van der Waals surface area contributed by atoms with Crippen LogP contribution in [0.15, 0.2) is 36.4 Å². The maximum Gasteiger partial charge on any atom is 0.338 e. The van der Waals surface area contributed by atoms with E-state index in [-0.39, 0.29) is 23.2 Å². The van der Waals surface area contributed by atoms with E-state index < -0.39 is 0 Å². The summed E-state index contributed by atoms with van der Waals surface area (Å²) in [5, 5.41) is 2.91. The molecule has 0 bridgehead atoms. The van der Waals surface area contributed by atoms with Crippen LogP contribution in [0.25, 0.3) is 0 Å². The van der Waals surface area contributed by atoms with Crippen molar-refractivity contribution in [2.45, 2.75) is 64.3 Å². The molecule has 43 heavy (non-hydrogen) atoms. The minimum atomic E-state index is -0.313. The second-order valence-electron chi connectivity index (χ2n) is 12.0. The molecule has 0 radical (unpaired) electrons. The Bertz CT molecular complexity index is 1300. The number of carbonyl (C=O) groups is 3. The highest BCUT2D eigenvalue weighted by atomic mass is 32.2. The van der Waals surface area contributed by atoms with E-state index in [1.54, 1.807) is 12.1 Å². The van der Waals surface area contributed by atoms with Crippen molar-refractivity contribution in [2.75, 3.05) is 50.5 Å². The van der Waals surface area contributed by atoms with Crippen LogP contribution in [0.5, 0.6) is 5.75 Å². The quantitative estimate of drug-likeness (QED) is 0.175. The summed E-state index contributed by atoms with van der Waals surface area (Å²) in [5.41, 5.74) is 4.14. The average Bonchev–Trinajstić information content (AvgIpc) is 3.82. The van der Waals surface area contributed by atoms with Crippen molar-refractivity contribution in [3.8, 4) is 5.75 Å². The molecule has 2 aromatic carbocycles. The van der Waals surface area contributed by atoms with Gasteiger partial charge < -0.3 is 24.2 Å². The number of unbranched alkanes of at least 4 members (excludes halogenated alkanes) is 1. The number of carbonyl (C=O) groups excluding carboxylic acids is 3. The molecule has 0 unspecified atom stereocenters. The fraction of sp³-hybridized carbons (Fsp3) is 0.545. The Labute approximate surface area is 258 Å². The highest BCUT2D eigenvalue weighted by Crippen LogP contribution is 2.45. The molecule has 2 saturated heterocycles. The summed E-state index contributed by atoms with van der Waals surface area (Å²) >= 11 is 0.821. The van der Waals surface area contributed by atoms with E-state index in [9.17, 15) is 14.4 Å². The number of nitrogens with zero attached hydrogens (tertiary/aromatic N) is 2. The van der Waals surface area contributed by atoms with Gasteiger partial charge in [0.2, 0.25) is 5.91 Å². The molecule has 1 aliphatic carbocycles. The lowest BCUT2D eigenvalue weighted by molar-refractivity contribution is -0.118. The maximum absolute atomic E-state index is 13.2. The predicted octanol–water partition coefficient (Wildman–Crippen LogP) is 5.48. The number of hydrogen-bond donors (Lipinski definition) is 2. The molecule has 2 N–H and O–H groups in total. The first-order valence-corrected chi connectivity index (χ1v) is 16.4. The molecule has 1 saturated carbocycles. The predicted molar refractivity (Wildman–Crippen MR) is 168 cm³/mol. The van der Waals surface area contributed by atoms with Crippen molar-refractivity contribution in [3.63, 3.8) is 0 Å². The number of ether oxygens (including phenoxy) is 2. The van der Waals surface area contributed by atoms with Crippen LogP contribution in [0.1, 0.15) is 89.6 Å². The van der Waals surface area contributed by atoms with Gasteiger partial charge >= 0.3 is 5.97 Å². The van der Waals surface area contributed by atoms with E-state index >= 15 is 0 Å². The fourth-order valence-corrected chi connectivity index (χ4v) is 6.69. The van der Waals surface area contributed by atoms with Crippen molar-refractivity contribution < 1.29 is 28.4 Å². The van der Waals surface area contributed by atoms with Crippen LogP contribution in [-0.4, -0.2) is 72.9 Å². The highest BCUT2D eigenvalue weighted by molar-refractivity contribution is 7.93. The minimum Gasteiger partial charge on any atom is -0.494 e. The van der Waals surface area contributed by atoms with Gasteiger partial charge in [0.05, 0.1) is 19.3 Å². The number of piperidine rings is 1. The SMILES string of the molecule is CCOc1cc(C(=O)OC)c(C2CC2)cc1CN1CCC2(CC1)CC(=O)N(c1ccc(C(=O)NCCCCSO)cc1)C2. The van der Waals surface area contributed by atoms with E-state index in [4.69, 9.17) is 14.0 Å². The molecule has 232 valence electrons. The van der Waals surface area contributed by atoms with E-state index in [1.807, 2.05) is 30.0 Å². The molecule has 10 heteroatoms. The van der Waals surface area contributed by atoms with E-state index in [0.717, 1.165) is 92.8 Å². The standard InChI is InChI=1S/C33H43N3O6S/c1-3-42-29-19-28(32(39)41-2)27(23-6-7-23)18-25(29)21-35-15-12-33(13-16-35)20-30(37)36(22-33)26-10-8-24(9-11-26)31(38)34-14-4-5-17-43-40/h8-11,18-19,23,40H,3-7,12-17,20-22H2,1-2H3,(H,34,38). The zero-order valence-electron chi connectivity index (χ0n) is 25.2. The third-order valence-electron chi connectivity index (χ3n) is 8.98. The van der Waals surface area contributed by atoms with Gasteiger partial charge in [0.1, 0.15) is 5.75 Å². The summed E-state index contributed by atoms with van der Waals surface area (Å²) in [6.07, 6.45) is 6.26. The third kappa shape index (κ3) is 7.53. The monoisotopic (exact) mass is 609 g/mol. The van der Waals surface area contributed by atoms with E-state index in [0.29, 0.717) is 48.9 Å². The Morgan fingerprint density at radius 3 is 2.51 bits per heavy atom. The Kier molecular flexibility index (Phi) is 10.3. The van der Waals surface area contributed by atoms with Crippen LogP contribution >= 0.6 is 12.0 Å². The number of likely N-dealkylation sites (tertiary alicyclic amines) is 1. The number of rotatable bonds is 13. The van der Waals surface area contributed by atoms with Gasteiger partial charge in [0.25, 0.3) is 5.91 Å². The minimum absolute atomic E-state index is 0.0485. The molecule has 2 heterocycles. The molecule has 3 aliphatic rings. The first-order chi connectivity index (χ1) is 20.9. The average molecular weight is 610 g/mol. The maximum atomic E-state index is 13.2. The largest absolute Gasteiger partial charge is 0.494 e. The molecule has 0 aromatic heterocycles. The van der Waals surface area contributed by atoms with Crippen LogP contribution < -0.4 is 15.0 Å². The van der Waals surface area contributed by atoms with E-state index in [2.05, 4.69) is 16.3 Å². The molecule has 2 amide bonds. The molecule has 5 rings (SSSR count). The Morgan fingerprint density at radius 2 is 1.86 bits per heavy atom. The molecular formula is C33H43N3O6S. The van der Waals surface area contributed by atoms with Gasteiger partial charge in [-0.3, -0.25) is 14.5 Å². The fourth-order valence-electron chi connectivity index (χ4n) is 6.36. The number of methoxy groups -OCH3 is 1. The Morgan fingerprint density at radius 1 is 1.12 bits per heavy atom. The van der Waals surface area contributed by atoms with Gasteiger partial charge in [0, 0.05) is 48.6 Å². The number of benzene rings is 2. The Hall–Kier alpha value is -3.08. The normalized spacial score (nSPS) is 18.2. The summed E-state index contributed by atoms with van der Waals surface area (Å²) in [5.74, 6) is 1.51. The summed E-state index contributed by atoms with van der Waals surface area (Å²) in [7, 11) is 1.42. The molecule has 9 nitrogen and oxygen atoms in total. The Balaban J connectivity index is 1.19. The van der Waals surface area contributed by atoms with Gasteiger partial charge in [-0.2, -0.15) is 0 Å². The molecular weight excluding hydrogens is 566 g/mol. The van der Waals surface area contributed by atoms with Crippen molar-refractivity contribution in [3.05, 3.63) is 58.7 Å². The molecule has 3 fully saturated rings. The van der Waals surface area contributed by atoms with Gasteiger partial charge in [-0.1, -0.05) is 0 Å². The van der Waals surface area contributed by atoms with Crippen molar-refractivity contribution in [1.82, 2.24) is 10.2 Å². The van der Waals surface area contributed by atoms with Crippen molar-refractivity contribution in [2.24, 2.45) is 5.41 Å². The number of hydrogen-bond acceptors (Lipinski definition) is 8. The van der Waals surface area contributed by atoms with Crippen LogP contribution in [-0.2, 0) is 16.1 Å². The smallest absolute Gasteiger partial charge is 0.338 e. The molecule has 1 spiro atoms. The third-order valence-corrected chi connectivity index (χ3v) is 9.45. The zero-order valence-corrected chi connectivity index (χ0v) is 26.0. The lowest BCUT2D eigenvalue weighted by Gasteiger charge is -2.39. The van der Waals surface area contributed by atoms with Crippen LogP contribution in [0, 0.1) is 5.41 Å². The topological polar surface area (TPSA) is 108 Å². The highest BCUT2D eigenvalue weighted by Gasteiger charge is 2.45. The number of nitrogens with one attached hydrogen (secondary N) is 1. The second kappa shape index (κ2) is 14.1. The van der Waals surface area contributed by atoms with E-state index in [1.165, 1.54) is 7.11 Å². The number of esters is 1. The first-order valence-electron chi connectivity index (χ1n) is 15.4. The number of anilines is 1. The summed E-state index contributed by atoms with van der Waals surface area (Å²) in [4.78, 5) is 42.4. The lowest BCUT2D eigenvalue weighted by Crippen LogP contribution is -2.41.